The van der Waals surface area contributed by atoms with Gasteiger partial charge in [0, 0.05) is 0 Å². The van der Waals surface area contributed by atoms with E-state index in [1.165, 1.54) is 27.1 Å². The maximum atomic E-state index is 4.78. The number of hydrogen-bond donors (Lipinski definition) is 1. The minimum absolute atomic E-state index is 0.0200. The molecule has 1 heterocycles. The van der Waals surface area contributed by atoms with E-state index in [9.17, 15) is 0 Å². The van der Waals surface area contributed by atoms with Crippen LogP contribution in [0.3, 0.4) is 0 Å². The molecule has 0 aliphatic heterocycles. The van der Waals surface area contributed by atoms with E-state index in [2.05, 4.69) is 115 Å². The molecule has 1 N–H and O–H groups in total. The van der Waals surface area contributed by atoms with Gasteiger partial charge in [-0.3, -0.25) is 0 Å². The normalized spacial score (nSPS) is 13.0. The van der Waals surface area contributed by atoms with E-state index in [1.54, 1.807) is 11.8 Å². The molecule has 0 aliphatic carbocycles. The molecule has 4 aromatic rings. The molecular weight excluding hydrogens is 494 g/mol. The molecule has 0 unspecified atom stereocenters. The SMILES string of the molecule is Cc1ccc(P(=[Se])(C(=CSc2nc3ccccc3[nH]2)C(C)(C)C)c2ccc(C)cc2)cc1. The van der Waals surface area contributed by atoms with Gasteiger partial charge in [-0.05, 0) is 0 Å². The van der Waals surface area contributed by atoms with E-state index in [4.69, 9.17) is 4.98 Å². The van der Waals surface area contributed by atoms with E-state index in [0.29, 0.717) is 0 Å². The number of hydrogen-bond acceptors (Lipinski definition) is 2. The van der Waals surface area contributed by atoms with E-state index >= 15 is 0 Å². The van der Waals surface area contributed by atoms with Gasteiger partial charge in [-0.25, -0.2) is 0 Å². The second-order valence-corrected chi connectivity index (χ2v) is 16.2. The molecule has 32 heavy (non-hydrogen) atoms. The van der Waals surface area contributed by atoms with Gasteiger partial charge in [-0.15, -0.1) is 0 Å². The molecule has 0 amide bonds. The van der Waals surface area contributed by atoms with Gasteiger partial charge >= 0.3 is 204 Å². The van der Waals surface area contributed by atoms with E-state index in [1.807, 2.05) is 18.2 Å². The molecule has 164 valence electrons. The number of thioether (sulfide) groups is 1. The Balaban J connectivity index is 1.87. The number of para-hydroxylation sites is 2. The van der Waals surface area contributed by atoms with Gasteiger partial charge in [0.15, 0.2) is 0 Å². The number of benzene rings is 3. The van der Waals surface area contributed by atoms with Gasteiger partial charge in [0.2, 0.25) is 0 Å². The van der Waals surface area contributed by atoms with Crippen LogP contribution in [0.1, 0.15) is 31.9 Å². The number of allylic oxidation sites excluding steroid dienone is 1. The second-order valence-electron chi connectivity index (χ2n) is 9.21. The fourth-order valence-electron chi connectivity index (χ4n) is 3.76. The number of aromatic nitrogens is 2. The fraction of sp³-hybridized carbons (Fsp3) is 0.222. The van der Waals surface area contributed by atoms with Crippen molar-refractivity contribution in [2.24, 2.45) is 5.41 Å². The summed E-state index contributed by atoms with van der Waals surface area (Å²) in [4.78, 5) is 8.24. The summed E-state index contributed by atoms with van der Waals surface area (Å²) in [6.45, 7) is 11.2. The molecule has 2 nitrogen and oxygen atoms in total. The van der Waals surface area contributed by atoms with Gasteiger partial charge < -0.3 is 0 Å². The molecule has 0 atom stereocenters. The Morgan fingerprint density at radius 3 is 1.91 bits per heavy atom. The number of nitrogens with zero attached hydrogens (tertiary/aromatic N) is 1. The molecule has 3 aromatic carbocycles. The van der Waals surface area contributed by atoms with Crippen molar-refractivity contribution >= 4 is 54.0 Å². The zero-order valence-corrected chi connectivity index (χ0v) is 22.6. The van der Waals surface area contributed by atoms with Gasteiger partial charge in [0.25, 0.3) is 0 Å². The molecule has 0 aliphatic rings. The number of rotatable bonds is 5. The quantitative estimate of drug-likeness (QED) is 0.175. The average molecular weight is 524 g/mol. The predicted octanol–water partition coefficient (Wildman–Crippen LogP) is 6.91. The third-order valence-electron chi connectivity index (χ3n) is 5.55. The Morgan fingerprint density at radius 1 is 0.875 bits per heavy atom. The van der Waals surface area contributed by atoms with Crippen molar-refractivity contribution < 1.29 is 0 Å². The molecule has 5 heteroatoms. The average Bonchev–Trinajstić information content (AvgIpc) is 3.16. The molecule has 0 spiro atoms. The van der Waals surface area contributed by atoms with Gasteiger partial charge in [-0.2, -0.15) is 0 Å². The van der Waals surface area contributed by atoms with Crippen LogP contribution in [-0.4, -0.2) is 25.1 Å². The van der Waals surface area contributed by atoms with Crippen molar-refractivity contribution in [3.05, 3.63) is 94.6 Å². The maximum absolute atomic E-state index is 4.78. The summed E-state index contributed by atoms with van der Waals surface area (Å²) in [5.41, 5.74) is 2.67. The summed E-state index contributed by atoms with van der Waals surface area (Å²) in [5.74, 6) is 0. The van der Waals surface area contributed by atoms with Crippen LogP contribution in [0.15, 0.2) is 88.7 Å². The molecule has 1 aromatic heterocycles. The van der Waals surface area contributed by atoms with Crippen LogP contribution in [-0.2, 0) is 0 Å². The first-order chi connectivity index (χ1) is 15.2. The summed E-state index contributed by atoms with van der Waals surface area (Å²) in [7, 11) is 0. The van der Waals surface area contributed by atoms with Crippen molar-refractivity contribution in [2.45, 2.75) is 39.8 Å². The molecule has 0 bridgehead atoms. The number of imidazole rings is 1. The third kappa shape index (κ3) is 4.75. The van der Waals surface area contributed by atoms with Crippen LogP contribution in [0.4, 0.5) is 0 Å². The zero-order valence-electron chi connectivity index (χ0n) is 19.2. The summed E-state index contributed by atoms with van der Waals surface area (Å²) in [6.07, 6.45) is 0. The molecule has 0 saturated carbocycles. The van der Waals surface area contributed by atoms with Crippen LogP contribution in [0.5, 0.6) is 0 Å². The standard InChI is InChI=1S/C27H29N2PSSe/c1-19-10-14-21(15-11-19)30(32,22-16-12-20(2)13-17-22)25(27(3,4)5)18-31-26-28-23-8-6-7-9-24(23)29-26/h6-18H,1-5H3,(H,28,29). The van der Waals surface area contributed by atoms with Crippen LogP contribution < -0.4 is 10.6 Å². The summed E-state index contributed by atoms with van der Waals surface area (Å²) >= 11 is 5.41. The molecule has 4 rings (SSSR count). The van der Waals surface area contributed by atoms with Crippen LogP contribution >= 0.6 is 17.3 Å². The number of nitrogens with one attached hydrogen (secondary N) is 1. The number of aryl methyl sites for hydroxylation is 2. The summed E-state index contributed by atoms with van der Waals surface area (Å²) < 4.78 is 0. The van der Waals surface area contributed by atoms with Crippen molar-refractivity contribution in [2.75, 3.05) is 0 Å². The zero-order chi connectivity index (χ0) is 22.9. The Hall–Kier alpha value is -1.83. The predicted molar refractivity (Wildman–Crippen MR) is 144 cm³/mol. The van der Waals surface area contributed by atoms with Crippen LogP contribution in [0.25, 0.3) is 11.0 Å². The molecule has 0 fully saturated rings. The van der Waals surface area contributed by atoms with Gasteiger partial charge in [0.05, 0.1) is 0 Å². The first-order valence-corrected chi connectivity index (χ1v) is 15.6. The third-order valence-corrected chi connectivity index (χ3v) is 13.9. The number of fused-ring (bicyclic) bond motifs is 1. The van der Waals surface area contributed by atoms with E-state index in [0.717, 1.165) is 16.2 Å². The van der Waals surface area contributed by atoms with Crippen LogP contribution in [0.2, 0.25) is 0 Å². The monoisotopic (exact) mass is 524 g/mol. The Bertz CT molecular complexity index is 1230. The van der Waals surface area contributed by atoms with Gasteiger partial charge in [0.1, 0.15) is 0 Å². The Labute approximate surface area is 203 Å². The van der Waals surface area contributed by atoms with Crippen molar-refractivity contribution in [1.29, 1.82) is 0 Å². The topological polar surface area (TPSA) is 28.7 Å². The number of H-pyrrole nitrogens is 1. The molecule has 0 saturated heterocycles. The number of aromatic amines is 1. The fourth-order valence-corrected chi connectivity index (χ4v) is 12.4. The Morgan fingerprint density at radius 2 is 1.41 bits per heavy atom. The van der Waals surface area contributed by atoms with E-state index < -0.39 is 5.51 Å². The molecule has 0 radical (unpaired) electrons. The first kappa shape index (κ1) is 23.3. The van der Waals surface area contributed by atoms with Crippen molar-refractivity contribution in [3.63, 3.8) is 0 Å². The summed E-state index contributed by atoms with van der Waals surface area (Å²) in [5, 5.41) is 7.40. The van der Waals surface area contributed by atoms with Crippen LogP contribution in [0, 0.1) is 19.3 Å². The first-order valence-electron chi connectivity index (χ1n) is 10.7. The summed E-state index contributed by atoms with van der Waals surface area (Å²) in [6, 6.07) is 26.3. The molecular formula is C27H29N2PSSe. The van der Waals surface area contributed by atoms with Gasteiger partial charge in [-0.1, -0.05) is 0 Å². The second kappa shape index (κ2) is 9.20. The van der Waals surface area contributed by atoms with Crippen molar-refractivity contribution in [3.8, 4) is 0 Å². The Kier molecular flexibility index (Phi) is 6.71. The van der Waals surface area contributed by atoms with Crippen molar-refractivity contribution in [1.82, 2.24) is 9.97 Å². The van der Waals surface area contributed by atoms with E-state index in [-0.39, 0.29) is 5.41 Å². The minimum atomic E-state index is -1.94.